The average molecular weight is 307 g/mol. The molecule has 1 heterocycles. The Balaban J connectivity index is 2.30. The van der Waals surface area contributed by atoms with E-state index in [9.17, 15) is 4.79 Å². The average Bonchev–Trinajstić information content (AvgIpc) is 2.75. The van der Waals surface area contributed by atoms with Crippen molar-refractivity contribution < 1.29 is 4.79 Å². The van der Waals surface area contributed by atoms with Crippen LogP contribution >= 0.6 is 23.6 Å². The molecule has 6 heteroatoms. The van der Waals surface area contributed by atoms with Crippen molar-refractivity contribution in [3.8, 4) is 5.69 Å². The molecule has 0 saturated heterocycles. The summed E-state index contributed by atoms with van der Waals surface area (Å²) in [6.45, 7) is 2.74. The number of hydrogen-bond donors (Lipinski definition) is 2. The zero-order valence-corrected chi connectivity index (χ0v) is 12.9. The number of nitrogen functional groups attached to an aromatic ring is 1. The number of nitrogens with two attached hydrogens (primary N) is 1. The van der Waals surface area contributed by atoms with E-state index in [2.05, 4.69) is 12.2 Å². The lowest BCUT2D eigenvalue weighted by Gasteiger charge is -2.06. The molecule has 0 bridgehead atoms. The number of carbonyl (C=O) groups is 1. The first-order valence-corrected chi connectivity index (χ1v) is 7.72. The molecule has 0 aliphatic carbocycles. The van der Waals surface area contributed by atoms with Gasteiger partial charge in [0.15, 0.2) is 3.95 Å². The van der Waals surface area contributed by atoms with Crippen LogP contribution in [0.1, 0.15) is 29.4 Å². The minimum Gasteiger partial charge on any atom is -0.383 e. The molecular weight excluding hydrogens is 290 g/mol. The molecule has 0 unspecified atom stereocenters. The Morgan fingerprint density at radius 1 is 1.40 bits per heavy atom. The fourth-order valence-corrected chi connectivity index (χ4v) is 3.11. The van der Waals surface area contributed by atoms with Gasteiger partial charge in [-0.15, -0.1) is 0 Å². The number of thiazole rings is 1. The standard InChI is InChI=1S/C14H17N3OS2/c1-2-3-9-16-13(18)11-12(15)17(14(19)20-11)10-7-5-4-6-8-10/h4-8H,2-3,9,15H2,1H3,(H,16,18). The van der Waals surface area contributed by atoms with Crippen LogP contribution < -0.4 is 11.1 Å². The van der Waals surface area contributed by atoms with Gasteiger partial charge in [0.05, 0.1) is 0 Å². The Labute approximate surface area is 127 Å². The number of anilines is 1. The molecule has 0 spiro atoms. The number of unbranched alkanes of at least 4 members (excludes halogenated alkanes) is 1. The van der Waals surface area contributed by atoms with Crippen molar-refractivity contribution >= 4 is 35.3 Å². The van der Waals surface area contributed by atoms with Crippen LogP contribution in [0.5, 0.6) is 0 Å². The minimum atomic E-state index is -0.151. The maximum atomic E-state index is 12.1. The second kappa shape index (κ2) is 6.67. The van der Waals surface area contributed by atoms with Crippen LogP contribution in [-0.2, 0) is 0 Å². The second-order valence-corrected chi connectivity index (χ2v) is 6.01. The van der Waals surface area contributed by atoms with Gasteiger partial charge >= 0.3 is 0 Å². The summed E-state index contributed by atoms with van der Waals surface area (Å²) in [6.07, 6.45) is 1.99. The second-order valence-electron chi connectivity index (χ2n) is 4.36. The van der Waals surface area contributed by atoms with Gasteiger partial charge in [0.2, 0.25) is 0 Å². The van der Waals surface area contributed by atoms with Crippen LogP contribution in [0.2, 0.25) is 0 Å². The van der Waals surface area contributed by atoms with Crippen molar-refractivity contribution in [1.29, 1.82) is 0 Å². The Kier molecular flexibility index (Phi) is 4.92. The van der Waals surface area contributed by atoms with E-state index in [1.165, 1.54) is 11.3 Å². The monoisotopic (exact) mass is 307 g/mol. The zero-order chi connectivity index (χ0) is 14.5. The summed E-state index contributed by atoms with van der Waals surface area (Å²) in [5.74, 6) is 0.252. The number of amides is 1. The van der Waals surface area contributed by atoms with Crippen molar-refractivity contribution in [2.75, 3.05) is 12.3 Å². The van der Waals surface area contributed by atoms with Gasteiger partial charge in [-0.05, 0) is 30.8 Å². The molecule has 0 radical (unpaired) electrons. The highest BCUT2D eigenvalue weighted by Gasteiger charge is 2.17. The maximum Gasteiger partial charge on any atom is 0.265 e. The Morgan fingerprint density at radius 2 is 2.10 bits per heavy atom. The number of carbonyl (C=O) groups excluding carboxylic acids is 1. The van der Waals surface area contributed by atoms with E-state index in [1.54, 1.807) is 4.57 Å². The quantitative estimate of drug-likeness (QED) is 0.657. The Morgan fingerprint density at radius 3 is 2.75 bits per heavy atom. The van der Waals surface area contributed by atoms with E-state index in [0.29, 0.717) is 21.2 Å². The predicted octanol–water partition coefficient (Wildman–Crippen LogP) is 3.38. The molecule has 2 rings (SSSR count). The summed E-state index contributed by atoms with van der Waals surface area (Å²) in [7, 11) is 0. The van der Waals surface area contributed by atoms with E-state index < -0.39 is 0 Å². The summed E-state index contributed by atoms with van der Waals surface area (Å²) >= 11 is 6.56. The number of hydrogen-bond acceptors (Lipinski definition) is 4. The SMILES string of the molecule is CCCCNC(=O)c1sc(=S)n(-c2ccccc2)c1N. The lowest BCUT2D eigenvalue weighted by atomic mass is 10.3. The number of benzene rings is 1. The van der Waals surface area contributed by atoms with E-state index >= 15 is 0 Å². The number of nitrogens with one attached hydrogen (secondary N) is 1. The highest BCUT2D eigenvalue weighted by atomic mass is 32.1. The van der Waals surface area contributed by atoms with Crippen LogP contribution in [0, 0.1) is 3.95 Å². The van der Waals surface area contributed by atoms with Crippen LogP contribution in [0.4, 0.5) is 5.82 Å². The van der Waals surface area contributed by atoms with Gasteiger partial charge < -0.3 is 11.1 Å². The van der Waals surface area contributed by atoms with Gasteiger partial charge in [-0.3, -0.25) is 9.36 Å². The first-order valence-electron chi connectivity index (χ1n) is 6.50. The molecule has 106 valence electrons. The van der Waals surface area contributed by atoms with E-state index in [-0.39, 0.29) is 5.91 Å². The largest absolute Gasteiger partial charge is 0.383 e. The number of para-hydroxylation sites is 1. The third-order valence-corrected chi connectivity index (χ3v) is 4.27. The predicted molar refractivity (Wildman–Crippen MR) is 86.1 cm³/mol. The number of nitrogens with zero attached hydrogens (tertiary/aromatic N) is 1. The van der Waals surface area contributed by atoms with Gasteiger partial charge in [0.1, 0.15) is 10.7 Å². The molecule has 1 aromatic carbocycles. The highest BCUT2D eigenvalue weighted by molar-refractivity contribution is 7.73. The molecule has 0 aliphatic heterocycles. The van der Waals surface area contributed by atoms with Crippen LogP contribution in [-0.4, -0.2) is 17.0 Å². The van der Waals surface area contributed by atoms with Crippen molar-refractivity contribution in [2.24, 2.45) is 0 Å². The third-order valence-electron chi connectivity index (χ3n) is 2.88. The normalized spacial score (nSPS) is 10.4. The van der Waals surface area contributed by atoms with Crippen LogP contribution in [0.15, 0.2) is 30.3 Å². The molecule has 1 amide bonds. The fourth-order valence-electron chi connectivity index (χ4n) is 1.83. The minimum absolute atomic E-state index is 0.151. The van der Waals surface area contributed by atoms with E-state index in [0.717, 1.165) is 18.5 Å². The van der Waals surface area contributed by atoms with Crippen LogP contribution in [0.3, 0.4) is 0 Å². The molecular formula is C14H17N3OS2. The zero-order valence-electron chi connectivity index (χ0n) is 11.3. The van der Waals surface area contributed by atoms with E-state index in [1.807, 2.05) is 30.3 Å². The van der Waals surface area contributed by atoms with E-state index in [4.69, 9.17) is 18.0 Å². The third kappa shape index (κ3) is 3.08. The number of aromatic nitrogens is 1. The first kappa shape index (κ1) is 14.7. The van der Waals surface area contributed by atoms with Crippen LogP contribution in [0.25, 0.3) is 5.69 Å². The van der Waals surface area contributed by atoms with Crippen molar-refractivity contribution in [2.45, 2.75) is 19.8 Å². The molecule has 20 heavy (non-hydrogen) atoms. The smallest absolute Gasteiger partial charge is 0.265 e. The lowest BCUT2D eigenvalue weighted by molar-refractivity contribution is 0.0958. The first-order chi connectivity index (χ1) is 9.65. The summed E-state index contributed by atoms with van der Waals surface area (Å²) in [5, 5.41) is 2.86. The van der Waals surface area contributed by atoms with Crippen molar-refractivity contribution in [3.05, 3.63) is 39.2 Å². The van der Waals surface area contributed by atoms with Gasteiger partial charge in [0.25, 0.3) is 5.91 Å². The molecule has 2 aromatic rings. The highest BCUT2D eigenvalue weighted by Crippen LogP contribution is 2.25. The molecule has 0 saturated carbocycles. The summed E-state index contributed by atoms with van der Waals surface area (Å²) in [5.41, 5.74) is 6.96. The summed E-state index contributed by atoms with van der Waals surface area (Å²) in [6, 6.07) is 9.58. The van der Waals surface area contributed by atoms with Gasteiger partial charge in [-0.25, -0.2) is 0 Å². The molecule has 0 aliphatic rings. The molecule has 3 N–H and O–H groups in total. The molecule has 0 fully saturated rings. The summed E-state index contributed by atoms with van der Waals surface area (Å²) < 4.78 is 2.31. The molecule has 1 aromatic heterocycles. The number of rotatable bonds is 5. The maximum absolute atomic E-state index is 12.1. The van der Waals surface area contributed by atoms with Gasteiger partial charge in [-0.1, -0.05) is 42.9 Å². The van der Waals surface area contributed by atoms with Gasteiger partial charge in [0, 0.05) is 12.2 Å². The fraction of sp³-hybridized carbons (Fsp3) is 0.286. The van der Waals surface area contributed by atoms with Crippen molar-refractivity contribution in [3.63, 3.8) is 0 Å². The van der Waals surface area contributed by atoms with Gasteiger partial charge in [-0.2, -0.15) is 0 Å². The lowest BCUT2D eigenvalue weighted by Crippen LogP contribution is -2.24. The van der Waals surface area contributed by atoms with Crippen molar-refractivity contribution in [1.82, 2.24) is 9.88 Å². The topological polar surface area (TPSA) is 60.0 Å². The molecule has 4 nitrogen and oxygen atoms in total. The molecule has 0 atom stereocenters. The summed E-state index contributed by atoms with van der Waals surface area (Å²) in [4.78, 5) is 12.6. The Bertz CT molecular complexity index is 646. The Hall–Kier alpha value is -1.66.